The largest absolute Gasteiger partial charge is 0.382 e. The highest BCUT2D eigenvalue weighted by atomic mass is 35.5. The van der Waals surface area contributed by atoms with Gasteiger partial charge in [0.1, 0.15) is 10.7 Å². The molecule has 0 aromatic heterocycles. The van der Waals surface area contributed by atoms with Crippen molar-refractivity contribution < 1.29 is 17.7 Å². The number of nitrogens with zero attached hydrogens (tertiary/aromatic N) is 1. The van der Waals surface area contributed by atoms with Crippen molar-refractivity contribution in [3.05, 3.63) is 62.9 Å². The Morgan fingerprint density at radius 3 is 2.64 bits per heavy atom. The zero-order valence-electron chi connectivity index (χ0n) is 13.1. The molecule has 0 saturated heterocycles. The van der Waals surface area contributed by atoms with E-state index in [4.69, 9.17) is 11.6 Å². The molecule has 9 heteroatoms. The van der Waals surface area contributed by atoms with Crippen LogP contribution in [-0.2, 0) is 9.84 Å². The van der Waals surface area contributed by atoms with Gasteiger partial charge in [0.2, 0.25) is 0 Å². The van der Waals surface area contributed by atoms with E-state index in [9.17, 15) is 22.9 Å². The molecule has 1 fully saturated rings. The zero-order chi connectivity index (χ0) is 18.4. The Morgan fingerprint density at radius 2 is 2.04 bits per heavy atom. The lowest BCUT2D eigenvalue weighted by molar-refractivity contribution is -0.387. The van der Waals surface area contributed by atoms with Gasteiger partial charge in [-0.25, -0.2) is 12.8 Å². The molecule has 25 heavy (non-hydrogen) atoms. The molecule has 0 heterocycles. The van der Waals surface area contributed by atoms with Gasteiger partial charge in [-0.15, -0.1) is 0 Å². The molecule has 0 amide bonds. The van der Waals surface area contributed by atoms with Gasteiger partial charge in [-0.3, -0.25) is 10.1 Å². The van der Waals surface area contributed by atoms with Gasteiger partial charge in [-0.1, -0.05) is 17.7 Å². The highest BCUT2D eigenvalue weighted by molar-refractivity contribution is 7.90. The normalized spacial score (nSPS) is 19.5. The molecule has 6 nitrogen and oxygen atoms in total. The third-order valence-electron chi connectivity index (χ3n) is 4.07. The van der Waals surface area contributed by atoms with E-state index in [-0.39, 0.29) is 22.7 Å². The maximum atomic E-state index is 13.9. The Morgan fingerprint density at radius 1 is 1.32 bits per heavy atom. The fourth-order valence-electron chi connectivity index (χ4n) is 2.80. The smallest absolute Gasteiger partial charge is 0.288 e. The van der Waals surface area contributed by atoms with Crippen LogP contribution < -0.4 is 5.32 Å². The van der Waals surface area contributed by atoms with E-state index in [0.29, 0.717) is 22.7 Å². The Balaban J connectivity index is 1.85. The molecular weight excluding hydrogens is 371 g/mol. The minimum Gasteiger partial charge on any atom is -0.382 e. The Kier molecular flexibility index (Phi) is 4.42. The molecule has 2 aromatic carbocycles. The van der Waals surface area contributed by atoms with Crippen LogP contribution in [0.15, 0.2) is 41.3 Å². The fraction of sp³-hybridized carbons (Fsp3) is 0.250. The number of nitro groups is 1. The van der Waals surface area contributed by atoms with Crippen molar-refractivity contribution in [2.75, 3.05) is 11.6 Å². The lowest BCUT2D eigenvalue weighted by Crippen LogP contribution is -2.08. The molecular formula is C16H14ClFN2O4S. The molecule has 2 atom stereocenters. The van der Waals surface area contributed by atoms with E-state index in [0.717, 1.165) is 12.3 Å². The van der Waals surface area contributed by atoms with Crippen LogP contribution in [0.1, 0.15) is 17.9 Å². The highest BCUT2D eigenvalue weighted by Crippen LogP contribution is 2.46. The number of anilines is 1. The summed E-state index contributed by atoms with van der Waals surface area (Å²) in [6.45, 7) is 0. The lowest BCUT2D eigenvalue weighted by atomic mass is 10.1. The van der Waals surface area contributed by atoms with Crippen molar-refractivity contribution in [2.24, 2.45) is 0 Å². The first-order chi connectivity index (χ1) is 11.7. The lowest BCUT2D eigenvalue weighted by Gasteiger charge is -2.09. The van der Waals surface area contributed by atoms with Crippen molar-refractivity contribution in [1.29, 1.82) is 0 Å². The molecule has 0 aliphatic heterocycles. The minimum absolute atomic E-state index is 0.122. The van der Waals surface area contributed by atoms with Crippen LogP contribution in [0.5, 0.6) is 0 Å². The second-order valence-corrected chi connectivity index (χ2v) is 8.33. The summed E-state index contributed by atoms with van der Waals surface area (Å²) in [4.78, 5) is 9.90. The summed E-state index contributed by atoms with van der Waals surface area (Å²) in [6.07, 6.45) is 1.55. The van der Waals surface area contributed by atoms with Crippen LogP contribution in [0.3, 0.4) is 0 Å². The van der Waals surface area contributed by atoms with Crippen LogP contribution in [0.2, 0.25) is 5.02 Å². The van der Waals surface area contributed by atoms with Crippen LogP contribution in [-0.4, -0.2) is 25.6 Å². The Hall–Kier alpha value is -2.19. The SMILES string of the molecule is CS(=O)(=O)c1cc(NC2CC2c2c(F)cccc2Cl)ccc1[N+](=O)[O-]. The molecule has 1 aliphatic rings. The third kappa shape index (κ3) is 3.59. The number of sulfone groups is 1. The molecule has 1 N–H and O–H groups in total. The average molecular weight is 385 g/mol. The van der Waals surface area contributed by atoms with E-state index < -0.39 is 20.4 Å². The summed E-state index contributed by atoms with van der Waals surface area (Å²) in [6, 6.07) is 8.17. The number of nitro benzene ring substituents is 1. The molecule has 2 aromatic rings. The highest BCUT2D eigenvalue weighted by Gasteiger charge is 2.41. The Labute approximate surface area is 148 Å². The number of nitrogens with one attached hydrogen (secondary N) is 1. The second kappa shape index (κ2) is 6.27. The summed E-state index contributed by atoms with van der Waals surface area (Å²) < 4.78 is 37.5. The van der Waals surface area contributed by atoms with Crippen molar-refractivity contribution in [1.82, 2.24) is 0 Å². The van der Waals surface area contributed by atoms with Crippen LogP contribution in [0.4, 0.5) is 15.8 Å². The van der Waals surface area contributed by atoms with E-state index in [1.807, 2.05) is 0 Å². The predicted octanol–water partition coefficient (Wildman–Crippen LogP) is 3.76. The van der Waals surface area contributed by atoms with Gasteiger partial charge >= 0.3 is 0 Å². The molecule has 1 saturated carbocycles. The van der Waals surface area contributed by atoms with Crippen molar-refractivity contribution in [3.8, 4) is 0 Å². The molecule has 0 radical (unpaired) electrons. The molecule has 0 bridgehead atoms. The second-order valence-electron chi connectivity index (χ2n) is 5.94. The van der Waals surface area contributed by atoms with Crippen molar-refractivity contribution in [3.63, 3.8) is 0 Å². The number of rotatable bonds is 5. The first-order valence-electron chi connectivity index (χ1n) is 7.37. The summed E-state index contributed by atoms with van der Waals surface area (Å²) in [5.41, 5.74) is 0.371. The summed E-state index contributed by atoms with van der Waals surface area (Å²) >= 11 is 6.05. The summed E-state index contributed by atoms with van der Waals surface area (Å²) in [5.74, 6) is -0.520. The van der Waals surface area contributed by atoms with Gasteiger partial charge in [0, 0.05) is 40.6 Å². The van der Waals surface area contributed by atoms with Crippen molar-refractivity contribution in [2.45, 2.75) is 23.3 Å². The van der Waals surface area contributed by atoms with Crippen molar-refractivity contribution >= 4 is 32.8 Å². The number of benzene rings is 2. The molecule has 0 spiro atoms. The van der Waals surface area contributed by atoms with Gasteiger partial charge < -0.3 is 5.32 Å². The monoisotopic (exact) mass is 384 g/mol. The van der Waals surface area contributed by atoms with E-state index >= 15 is 0 Å². The molecule has 2 unspecified atom stereocenters. The first-order valence-corrected chi connectivity index (χ1v) is 9.64. The minimum atomic E-state index is -3.76. The summed E-state index contributed by atoms with van der Waals surface area (Å²) in [5, 5.41) is 14.4. The first kappa shape index (κ1) is 17.6. The van der Waals surface area contributed by atoms with E-state index in [1.165, 1.54) is 24.3 Å². The van der Waals surface area contributed by atoms with E-state index in [1.54, 1.807) is 6.07 Å². The average Bonchev–Trinajstić information content (AvgIpc) is 3.24. The van der Waals surface area contributed by atoms with Crippen LogP contribution in [0.25, 0.3) is 0 Å². The van der Waals surface area contributed by atoms with E-state index in [2.05, 4.69) is 5.32 Å². The summed E-state index contributed by atoms with van der Waals surface area (Å²) in [7, 11) is -3.76. The maximum absolute atomic E-state index is 13.9. The number of hydrogen-bond acceptors (Lipinski definition) is 5. The zero-order valence-corrected chi connectivity index (χ0v) is 14.6. The van der Waals surface area contributed by atoms with Gasteiger partial charge in [0.15, 0.2) is 9.84 Å². The van der Waals surface area contributed by atoms with Crippen LogP contribution in [0, 0.1) is 15.9 Å². The molecule has 132 valence electrons. The fourth-order valence-corrected chi connectivity index (χ4v) is 3.97. The van der Waals surface area contributed by atoms with Gasteiger partial charge in [-0.2, -0.15) is 0 Å². The van der Waals surface area contributed by atoms with Gasteiger partial charge in [0.05, 0.1) is 4.92 Å². The Bertz CT molecular complexity index is 944. The molecule has 1 aliphatic carbocycles. The van der Waals surface area contributed by atoms with Gasteiger partial charge in [0.25, 0.3) is 5.69 Å². The van der Waals surface area contributed by atoms with Crippen LogP contribution >= 0.6 is 11.6 Å². The topological polar surface area (TPSA) is 89.3 Å². The third-order valence-corrected chi connectivity index (χ3v) is 5.52. The van der Waals surface area contributed by atoms with Gasteiger partial charge in [-0.05, 0) is 30.7 Å². The predicted molar refractivity (Wildman–Crippen MR) is 92.4 cm³/mol. The maximum Gasteiger partial charge on any atom is 0.288 e. The number of hydrogen-bond donors (Lipinski definition) is 1. The number of halogens is 2. The molecule has 3 rings (SSSR count). The quantitative estimate of drug-likeness (QED) is 0.626. The standard InChI is InChI=1S/C16H14ClFN2O4S/c1-25(23,24)15-7-9(5-6-14(15)20(21)22)19-13-8-10(13)16-11(17)3-2-4-12(16)18/h2-7,10,13,19H,8H2,1H3.